The van der Waals surface area contributed by atoms with E-state index in [2.05, 4.69) is 20.3 Å². The van der Waals surface area contributed by atoms with Crippen molar-refractivity contribution in [2.24, 2.45) is 0 Å². The lowest BCUT2D eigenvalue weighted by Gasteiger charge is -2.32. The third kappa shape index (κ3) is 4.55. The van der Waals surface area contributed by atoms with Crippen molar-refractivity contribution in [1.29, 1.82) is 0 Å². The monoisotopic (exact) mass is 519 g/mol. The van der Waals surface area contributed by atoms with Crippen LogP contribution >= 0.6 is 11.6 Å². The molecule has 0 fully saturated rings. The molecule has 2 aromatic heterocycles. The topological polar surface area (TPSA) is 110 Å². The first-order chi connectivity index (χ1) is 17.1. The molecule has 4 heterocycles. The van der Waals surface area contributed by atoms with Crippen molar-refractivity contribution < 1.29 is 22.7 Å². The molecule has 3 N–H and O–H groups in total. The van der Waals surface area contributed by atoms with E-state index in [0.29, 0.717) is 47.2 Å². The number of carbonyl (C=O) groups excluding carboxylic acids is 1. The second-order valence-electron chi connectivity index (χ2n) is 8.50. The van der Waals surface area contributed by atoms with E-state index >= 15 is 0 Å². The molecule has 0 saturated carbocycles. The molecule has 1 atom stereocenters. The fourth-order valence-electron chi connectivity index (χ4n) is 4.29. The maximum atomic E-state index is 13.4. The molecule has 0 spiro atoms. The third-order valence-electron chi connectivity index (χ3n) is 6.04. The molecule has 0 unspecified atom stereocenters. The summed E-state index contributed by atoms with van der Waals surface area (Å²) in [6.45, 7) is 2.78. The largest absolute Gasteiger partial charge is 0.489 e. The van der Waals surface area contributed by atoms with E-state index in [9.17, 15) is 18.0 Å². The quantitative estimate of drug-likeness (QED) is 0.383. The number of nitrogens with zero attached hydrogens (tertiary/aromatic N) is 5. The SMILES string of the molecule is C[C@@H](Nc1nc(Cl)nc2c1CN(C(=O)N1CCOc3ccncc31)C2)c1cc(N)cc(C(F)(F)F)c1. The highest BCUT2D eigenvalue weighted by Gasteiger charge is 2.35. The molecule has 9 nitrogen and oxygen atoms in total. The van der Waals surface area contributed by atoms with E-state index in [1.54, 1.807) is 35.2 Å². The maximum absolute atomic E-state index is 13.4. The fourth-order valence-corrected chi connectivity index (χ4v) is 4.48. The van der Waals surface area contributed by atoms with Gasteiger partial charge in [0.25, 0.3) is 0 Å². The first-order valence-electron chi connectivity index (χ1n) is 11.0. The van der Waals surface area contributed by atoms with E-state index in [1.165, 1.54) is 6.07 Å². The van der Waals surface area contributed by atoms with Crippen molar-refractivity contribution in [3.05, 3.63) is 64.3 Å². The van der Waals surface area contributed by atoms with Gasteiger partial charge in [0.1, 0.15) is 23.9 Å². The van der Waals surface area contributed by atoms with Gasteiger partial charge in [-0.2, -0.15) is 13.2 Å². The molecule has 2 aliphatic rings. The van der Waals surface area contributed by atoms with Crippen LogP contribution in [0.15, 0.2) is 36.7 Å². The van der Waals surface area contributed by atoms with Gasteiger partial charge < -0.3 is 20.7 Å². The first-order valence-corrected chi connectivity index (χ1v) is 11.4. The number of urea groups is 1. The summed E-state index contributed by atoms with van der Waals surface area (Å²) < 4.78 is 45.4. The number of anilines is 3. The van der Waals surface area contributed by atoms with Gasteiger partial charge in [0.05, 0.1) is 43.1 Å². The Hall–Kier alpha value is -3.80. The predicted octanol–water partition coefficient (Wildman–Crippen LogP) is 4.63. The zero-order chi connectivity index (χ0) is 25.6. The van der Waals surface area contributed by atoms with Gasteiger partial charge in [0, 0.05) is 23.5 Å². The van der Waals surface area contributed by atoms with Gasteiger partial charge in [-0.1, -0.05) is 0 Å². The van der Waals surface area contributed by atoms with Crippen LogP contribution in [-0.2, 0) is 19.3 Å². The number of nitrogens with one attached hydrogen (secondary N) is 1. The Morgan fingerprint density at radius 3 is 2.83 bits per heavy atom. The van der Waals surface area contributed by atoms with E-state index in [1.807, 2.05) is 0 Å². The first kappa shape index (κ1) is 23.9. The van der Waals surface area contributed by atoms with Crippen molar-refractivity contribution in [2.75, 3.05) is 29.1 Å². The number of nitrogens with two attached hydrogens (primary N) is 1. The number of pyridine rings is 1. The highest BCUT2D eigenvalue weighted by atomic mass is 35.5. The van der Waals surface area contributed by atoms with Crippen LogP contribution in [0.1, 0.15) is 35.3 Å². The minimum atomic E-state index is -4.53. The number of ether oxygens (including phenoxy) is 1. The van der Waals surface area contributed by atoms with Gasteiger partial charge in [-0.3, -0.25) is 9.88 Å². The maximum Gasteiger partial charge on any atom is 0.416 e. The Morgan fingerprint density at radius 1 is 1.25 bits per heavy atom. The summed E-state index contributed by atoms with van der Waals surface area (Å²) in [6.07, 6.45) is -1.37. The van der Waals surface area contributed by atoms with Crippen molar-refractivity contribution in [1.82, 2.24) is 19.9 Å². The number of fused-ring (bicyclic) bond motifs is 2. The summed E-state index contributed by atoms with van der Waals surface area (Å²) in [7, 11) is 0. The number of rotatable bonds is 3. The summed E-state index contributed by atoms with van der Waals surface area (Å²) in [5.74, 6) is 0.911. The average molecular weight is 520 g/mol. The molecule has 188 valence electrons. The Balaban J connectivity index is 1.39. The van der Waals surface area contributed by atoms with Crippen molar-refractivity contribution in [2.45, 2.75) is 32.2 Å². The third-order valence-corrected chi connectivity index (χ3v) is 6.21. The van der Waals surface area contributed by atoms with E-state index < -0.39 is 17.8 Å². The Morgan fingerprint density at radius 2 is 2.06 bits per heavy atom. The van der Waals surface area contributed by atoms with E-state index in [-0.39, 0.29) is 30.1 Å². The Bertz CT molecular complexity index is 1340. The molecule has 13 heteroatoms. The molecule has 0 saturated heterocycles. The Labute approximate surface area is 209 Å². The van der Waals surface area contributed by atoms with Crippen LogP contribution in [0.3, 0.4) is 0 Å². The van der Waals surface area contributed by atoms with Gasteiger partial charge in [-0.25, -0.2) is 14.8 Å². The average Bonchev–Trinajstić information content (AvgIpc) is 3.26. The molecular weight excluding hydrogens is 499 g/mol. The van der Waals surface area contributed by atoms with Crippen LogP contribution in [0.2, 0.25) is 5.28 Å². The standard InChI is InChI=1S/C23H21ClF3N7O2/c1-12(13-6-14(23(25,26)27)8-15(28)7-13)30-20-16-10-33(11-17(16)31-21(24)32-20)22(35)34-4-5-36-19-2-3-29-9-18(19)34/h2-3,6-9,12H,4-5,10-11,28H2,1H3,(H,30,31,32)/t12-/m1/s1. The molecular formula is C23H21ClF3N7O2. The van der Waals surface area contributed by atoms with E-state index in [0.717, 1.165) is 12.1 Å². The normalized spacial score (nSPS) is 15.7. The highest BCUT2D eigenvalue weighted by Crippen LogP contribution is 2.36. The number of halogens is 4. The second-order valence-corrected chi connectivity index (χ2v) is 8.84. The van der Waals surface area contributed by atoms with Gasteiger partial charge in [0.2, 0.25) is 5.28 Å². The van der Waals surface area contributed by atoms with Crippen molar-refractivity contribution >= 4 is 34.8 Å². The summed E-state index contributed by atoms with van der Waals surface area (Å²) in [5.41, 5.74) is 6.97. The van der Waals surface area contributed by atoms with Crippen molar-refractivity contribution in [3.8, 4) is 5.75 Å². The van der Waals surface area contributed by atoms with Crippen molar-refractivity contribution in [3.63, 3.8) is 0 Å². The minimum Gasteiger partial charge on any atom is -0.489 e. The zero-order valence-electron chi connectivity index (χ0n) is 19.0. The fraction of sp³-hybridized carbons (Fsp3) is 0.304. The predicted molar refractivity (Wildman–Crippen MR) is 127 cm³/mol. The molecule has 2 aliphatic heterocycles. The number of aromatic nitrogens is 3. The smallest absolute Gasteiger partial charge is 0.416 e. The van der Waals surface area contributed by atoms with Gasteiger partial charge >= 0.3 is 12.2 Å². The van der Waals surface area contributed by atoms with Gasteiger partial charge in [-0.05, 0) is 42.3 Å². The number of amides is 2. The lowest BCUT2D eigenvalue weighted by molar-refractivity contribution is -0.137. The Kier molecular flexibility index (Phi) is 5.99. The molecule has 2 amide bonds. The van der Waals surface area contributed by atoms with Crippen LogP contribution in [0.4, 0.5) is 35.2 Å². The zero-order valence-corrected chi connectivity index (χ0v) is 19.8. The van der Waals surface area contributed by atoms with Crippen LogP contribution in [0.25, 0.3) is 0 Å². The highest BCUT2D eigenvalue weighted by molar-refractivity contribution is 6.28. The number of nitrogen functional groups attached to an aromatic ring is 1. The molecule has 5 rings (SSSR count). The summed E-state index contributed by atoms with van der Waals surface area (Å²) in [5, 5.41) is 3.08. The minimum absolute atomic E-state index is 0.00326. The number of alkyl halides is 3. The lowest BCUT2D eigenvalue weighted by atomic mass is 10.0. The van der Waals surface area contributed by atoms with Crippen LogP contribution in [-0.4, -0.2) is 39.0 Å². The van der Waals surface area contributed by atoms with Gasteiger partial charge in [0.15, 0.2) is 0 Å². The molecule has 0 radical (unpaired) electrons. The number of hydrogen-bond donors (Lipinski definition) is 2. The summed E-state index contributed by atoms with van der Waals surface area (Å²) in [6, 6.07) is 4.24. The van der Waals surface area contributed by atoms with Crippen LogP contribution in [0.5, 0.6) is 5.75 Å². The summed E-state index contributed by atoms with van der Waals surface area (Å²) in [4.78, 5) is 29.2. The second kappa shape index (κ2) is 9.01. The molecule has 0 aliphatic carbocycles. The molecule has 36 heavy (non-hydrogen) atoms. The number of hydrogen-bond acceptors (Lipinski definition) is 7. The number of benzene rings is 1. The van der Waals surface area contributed by atoms with Crippen LogP contribution < -0.4 is 20.7 Å². The van der Waals surface area contributed by atoms with Gasteiger partial charge in [-0.15, -0.1) is 0 Å². The lowest BCUT2D eigenvalue weighted by Crippen LogP contribution is -2.44. The van der Waals surface area contributed by atoms with Crippen LogP contribution in [0, 0.1) is 0 Å². The number of carbonyl (C=O) groups is 1. The molecule has 0 bridgehead atoms. The van der Waals surface area contributed by atoms with E-state index in [4.69, 9.17) is 22.1 Å². The summed E-state index contributed by atoms with van der Waals surface area (Å²) >= 11 is 6.14. The molecule has 3 aromatic rings. The molecule has 1 aromatic carbocycles.